The van der Waals surface area contributed by atoms with Gasteiger partial charge in [-0.25, -0.2) is 9.91 Å². The summed E-state index contributed by atoms with van der Waals surface area (Å²) < 4.78 is 5.40. The largest absolute Gasteiger partial charge is 0.484 e. The van der Waals surface area contributed by atoms with Gasteiger partial charge in [0.05, 0.1) is 12.1 Å². The third-order valence-corrected chi connectivity index (χ3v) is 5.41. The summed E-state index contributed by atoms with van der Waals surface area (Å²) in [5, 5.41) is 1.40. The SMILES string of the molecule is CC=CC(=O)N(NC(=O)COc1ccc(Cl)cc1)C1CC(=O)N(c2ccc(C)c(C)c2)C1=O. The number of nitrogens with one attached hydrogen (secondary N) is 1. The summed E-state index contributed by atoms with van der Waals surface area (Å²) in [5.41, 5.74) is 4.78. The molecule has 172 valence electrons. The van der Waals surface area contributed by atoms with E-state index in [-0.39, 0.29) is 6.42 Å². The number of ether oxygens (including phenoxy) is 1. The third-order valence-electron chi connectivity index (χ3n) is 5.16. The monoisotopic (exact) mass is 469 g/mol. The molecule has 2 aromatic rings. The van der Waals surface area contributed by atoms with Crippen LogP contribution in [0.4, 0.5) is 5.69 Å². The second-order valence-electron chi connectivity index (χ2n) is 7.54. The van der Waals surface area contributed by atoms with Crippen LogP contribution in [0.3, 0.4) is 0 Å². The fourth-order valence-corrected chi connectivity index (χ4v) is 3.44. The maximum atomic E-state index is 13.1. The highest BCUT2D eigenvalue weighted by Crippen LogP contribution is 2.27. The first-order valence-electron chi connectivity index (χ1n) is 10.3. The van der Waals surface area contributed by atoms with Crippen LogP contribution < -0.4 is 15.1 Å². The van der Waals surface area contributed by atoms with Gasteiger partial charge in [0.1, 0.15) is 11.8 Å². The van der Waals surface area contributed by atoms with Gasteiger partial charge in [-0.3, -0.25) is 24.6 Å². The number of carbonyl (C=O) groups excluding carboxylic acids is 4. The van der Waals surface area contributed by atoms with Crippen LogP contribution in [0.1, 0.15) is 24.5 Å². The van der Waals surface area contributed by atoms with Crippen LogP contribution in [-0.2, 0) is 19.2 Å². The van der Waals surface area contributed by atoms with E-state index in [1.807, 2.05) is 19.9 Å². The van der Waals surface area contributed by atoms with Gasteiger partial charge in [-0.2, -0.15) is 0 Å². The number of aryl methyl sites for hydroxylation is 2. The number of nitrogens with zero attached hydrogens (tertiary/aromatic N) is 2. The number of anilines is 1. The smallest absolute Gasteiger partial charge is 0.276 e. The van der Waals surface area contributed by atoms with Gasteiger partial charge in [0.25, 0.3) is 17.7 Å². The lowest BCUT2D eigenvalue weighted by atomic mass is 10.1. The van der Waals surface area contributed by atoms with E-state index in [1.54, 1.807) is 43.3 Å². The van der Waals surface area contributed by atoms with Crippen LogP contribution in [0.2, 0.25) is 5.02 Å². The Hall–Kier alpha value is -3.65. The van der Waals surface area contributed by atoms with E-state index in [4.69, 9.17) is 16.3 Å². The molecule has 4 amide bonds. The molecule has 1 N–H and O–H groups in total. The van der Waals surface area contributed by atoms with Gasteiger partial charge in [0, 0.05) is 11.1 Å². The average Bonchev–Trinajstić information content (AvgIpc) is 3.07. The molecular formula is C24H24ClN3O5. The number of rotatable bonds is 6. The number of benzene rings is 2. The minimum Gasteiger partial charge on any atom is -0.484 e. The van der Waals surface area contributed by atoms with Crippen molar-refractivity contribution in [3.8, 4) is 5.75 Å². The minimum atomic E-state index is -1.18. The van der Waals surface area contributed by atoms with E-state index in [0.717, 1.165) is 21.0 Å². The molecule has 0 spiro atoms. The quantitative estimate of drug-likeness (QED) is 0.398. The highest BCUT2D eigenvalue weighted by atomic mass is 35.5. The summed E-state index contributed by atoms with van der Waals surface area (Å²) >= 11 is 5.83. The zero-order valence-electron chi connectivity index (χ0n) is 18.5. The lowest BCUT2D eigenvalue weighted by Crippen LogP contribution is -2.55. The first kappa shape index (κ1) is 24.0. The molecule has 1 saturated heterocycles. The Morgan fingerprint density at radius 3 is 2.48 bits per heavy atom. The second-order valence-corrected chi connectivity index (χ2v) is 7.98. The Morgan fingerprint density at radius 2 is 1.85 bits per heavy atom. The number of allylic oxidation sites excluding steroid dienone is 1. The summed E-state index contributed by atoms with van der Waals surface area (Å²) in [7, 11) is 0. The number of halogens is 1. The molecule has 1 aliphatic heterocycles. The molecule has 0 aliphatic carbocycles. The molecule has 33 heavy (non-hydrogen) atoms. The van der Waals surface area contributed by atoms with Gasteiger partial charge in [0.15, 0.2) is 6.61 Å². The lowest BCUT2D eigenvalue weighted by Gasteiger charge is -2.27. The van der Waals surface area contributed by atoms with Crippen molar-refractivity contribution in [2.45, 2.75) is 33.2 Å². The Kier molecular flexibility index (Phi) is 7.50. The molecule has 9 heteroatoms. The topological polar surface area (TPSA) is 96.0 Å². The van der Waals surface area contributed by atoms with Crippen molar-refractivity contribution in [3.05, 3.63) is 70.8 Å². The summed E-state index contributed by atoms with van der Waals surface area (Å²) in [6.07, 6.45) is 2.43. The van der Waals surface area contributed by atoms with Crippen molar-refractivity contribution in [1.82, 2.24) is 10.4 Å². The molecule has 0 saturated carbocycles. The van der Waals surface area contributed by atoms with Crippen LogP contribution in [0.5, 0.6) is 5.75 Å². The van der Waals surface area contributed by atoms with Crippen LogP contribution >= 0.6 is 11.6 Å². The highest BCUT2D eigenvalue weighted by molar-refractivity contribution is 6.30. The predicted octanol–water partition coefficient (Wildman–Crippen LogP) is 3.10. The molecular weight excluding hydrogens is 446 g/mol. The van der Waals surface area contributed by atoms with E-state index in [1.165, 1.54) is 12.2 Å². The van der Waals surface area contributed by atoms with E-state index >= 15 is 0 Å². The molecule has 1 heterocycles. The summed E-state index contributed by atoms with van der Waals surface area (Å²) in [6.45, 7) is 5.03. The van der Waals surface area contributed by atoms with Crippen molar-refractivity contribution >= 4 is 40.9 Å². The molecule has 1 unspecified atom stereocenters. The van der Waals surface area contributed by atoms with Gasteiger partial charge in [-0.1, -0.05) is 23.7 Å². The minimum absolute atomic E-state index is 0.257. The number of carbonyl (C=O) groups is 4. The Balaban J connectivity index is 1.77. The van der Waals surface area contributed by atoms with Crippen LogP contribution in [0.15, 0.2) is 54.6 Å². The standard InChI is InChI=1S/C24H24ClN3O5/c1-4-5-22(30)28(26-21(29)14-33-19-10-7-17(25)8-11-19)20-13-23(31)27(24(20)32)18-9-6-15(2)16(3)12-18/h4-12,20H,13-14H2,1-3H3,(H,26,29). The fraction of sp³-hybridized carbons (Fsp3) is 0.250. The highest BCUT2D eigenvalue weighted by Gasteiger charge is 2.45. The number of hydrogen-bond acceptors (Lipinski definition) is 5. The van der Waals surface area contributed by atoms with Crippen molar-refractivity contribution in [2.75, 3.05) is 11.5 Å². The van der Waals surface area contributed by atoms with Gasteiger partial charge in [-0.15, -0.1) is 0 Å². The van der Waals surface area contributed by atoms with Crippen LogP contribution in [0.25, 0.3) is 0 Å². The zero-order valence-corrected chi connectivity index (χ0v) is 19.3. The average molecular weight is 470 g/mol. The molecule has 1 fully saturated rings. The van der Waals surface area contributed by atoms with Crippen molar-refractivity contribution < 1.29 is 23.9 Å². The molecule has 0 bridgehead atoms. The molecule has 2 aromatic carbocycles. The molecule has 8 nitrogen and oxygen atoms in total. The van der Waals surface area contributed by atoms with E-state index in [0.29, 0.717) is 16.5 Å². The Morgan fingerprint density at radius 1 is 1.15 bits per heavy atom. The first-order valence-corrected chi connectivity index (χ1v) is 10.7. The summed E-state index contributed by atoms with van der Waals surface area (Å²) in [5.74, 6) is -1.94. The van der Waals surface area contributed by atoms with E-state index < -0.39 is 36.3 Å². The molecule has 1 aliphatic rings. The normalized spacial score (nSPS) is 15.8. The fourth-order valence-electron chi connectivity index (χ4n) is 3.31. The Bertz CT molecular complexity index is 1110. The first-order chi connectivity index (χ1) is 15.7. The molecule has 3 rings (SSSR count). The number of hydrogen-bond donors (Lipinski definition) is 1. The maximum Gasteiger partial charge on any atom is 0.276 e. The summed E-state index contributed by atoms with van der Waals surface area (Å²) in [4.78, 5) is 52.0. The predicted molar refractivity (Wildman–Crippen MR) is 124 cm³/mol. The lowest BCUT2D eigenvalue weighted by molar-refractivity contribution is -0.144. The van der Waals surface area contributed by atoms with Crippen molar-refractivity contribution in [2.24, 2.45) is 0 Å². The van der Waals surface area contributed by atoms with E-state index in [2.05, 4.69) is 5.43 Å². The molecule has 0 aromatic heterocycles. The van der Waals surface area contributed by atoms with E-state index in [9.17, 15) is 19.2 Å². The number of imide groups is 1. The van der Waals surface area contributed by atoms with Crippen molar-refractivity contribution in [1.29, 1.82) is 0 Å². The maximum absolute atomic E-state index is 13.1. The van der Waals surface area contributed by atoms with Crippen LogP contribution in [-0.4, -0.2) is 41.3 Å². The third kappa shape index (κ3) is 5.59. The van der Waals surface area contributed by atoms with Gasteiger partial charge in [-0.05, 0) is 68.3 Å². The second kappa shape index (κ2) is 10.3. The van der Waals surface area contributed by atoms with Gasteiger partial charge < -0.3 is 4.74 Å². The molecule has 0 radical (unpaired) electrons. The summed E-state index contributed by atoms with van der Waals surface area (Å²) in [6, 6.07) is 10.5. The van der Waals surface area contributed by atoms with Gasteiger partial charge in [0.2, 0.25) is 5.91 Å². The van der Waals surface area contributed by atoms with Crippen molar-refractivity contribution in [3.63, 3.8) is 0 Å². The van der Waals surface area contributed by atoms with Gasteiger partial charge >= 0.3 is 0 Å². The van der Waals surface area contributed by atoms with Crippen LogP contribution in [0, 0.1) is 13.8 Å². The Labute approximate surface area is 196 Å². The number of hydrazine groups is 1. The molecule has 1 atom stereocenters. The zero-order chi connectivity index (χ0) is 24.1. The number of amides is 4.